The van der Waals surface area contributed by atoms with Gasteiger partial charge in [-0.15, -0.1) is 0 Å². The van der Waals surface area contributed by atoms with Crippen LogP contribution in [-0.2, 0) is 0 Å². The summed E-state index contributed by atoms with van der Waals surface area (Å²) in [5.41, 5.74) is 7.70. The van der Waals surface area contributed by atoms with E-state index >= 15 is 0 Å². The molecule has 1 aliphatic carbocycles. The summed E-state index contributed by atoms with van der Waals surface area (Å²) in [6.45, 7) is 10.8. The van der Waals surface area contributed by atoms with Crippen LogP contribution >= 0.6 is 0 Å². The lowest BCUT2D eigenvalue weighted by molar-refractivity contribution is 0.302. The Morgan fingerprint density at radius 3 is 1.86 bits per heavy atom. The van der Waals surface area contributed by atoms with Crippen LogP contribution in [0.3, 0.4) is 0 Å². The molecule has 0 atom stereocenters. The first kappa shape index (κ1) is 27.4. The second-order valence-corrected chi connectivity index (χ2v) is 10.5. The Balaban J connectivity index is 1.66. The summed E-state index contributed by atoms with van der Waals surface area (Å²) >= 11 is 0. The van der Waals surface area contributed by atoms with Crippen LogP contribution in [0, 0.1) is 5.92 Å². The van der Waals surface area contributed by atoms with Gasteiger partial charge in [-0.3, -0.25) is 0 Å². The number of rotatable bonds is 14. The summed E-state index contributed by atoms with van der Waals surface area (Å²) in [7, 11) is 0. The Bertz CT molecular complexity index is 896. The van der Waals surface area contributed by atoms with Gasteiger partial charge in [-0.25, -0.2) is 0 Å². The lowest BCUT2D eigenvalue weighted by atomic mass is 9.77. The minimum absolute atomic E-state index is 0.0891. The molecule has 0 heterocycles. The summed E-state index contributed by atoms with van der Waals surface area (Å²) in [6, 6.07) is 15.5. The van der Waals surface area contributed by atoms with Crippen LogP contribution in [0.25, 0.3) is 22.3 Å². The second kappa shape index (κ2) is 14.4. The van der Waals surface area contributed by atoms with Gasteiger partial charge in [0.05, 0.1) is 0 Å². The molecule has 1 saturated carbocycles. The van der Waals surface area contributed by atoms with E-state index in [1.807, 2.05) is 0 Å². The SMILES string of the molecule is C=C(CCO)c1cc(C(=C)CCO)cc(-c2ccc(C3CCC(CCCCCCC)CC3)cc2)c1. The summed E-state index contributed by atoms with van der Waals surface area (Å²) in [5.74, 6) is 1.63. The number of hydrogen-bond acceptors (Lipinski definition) is 2. The molecule has 1 aliphatic rings. The highest BCUT2D eigenvalue weighted by atomic mass is 16.3. The molecule has 0 amide bonds. The number of unbranched alkanes of at least 4 members (excludes halogenated alkanes) is 4. The van der Waals surface area contributed by atoms with Gasteiger partial charge in [0.15, 0.2) is 0 Å². The molecule has 1 fully saturated rings. The highest BCUT2D eigenvalue weighted by molar-refractivity contribution is 5.78. The van der Waals surface area contributed by atoms with Crippen molar-refractivity contribution in [3.8, 4) is 11.1 Å². The monoisotopic (exact) mass is 474 g/mol. The normalized spacial score (nSPS) is 17.9. The molecule has 3 rings (SSSR count). The molecule has 2 aromatic rings. The third kappa shape index (κ3) is 8.19. The van der Waals surface area contributed by atoms with Crippen molar-refractivity contribution in [2.75, 3.05) is 13.2 Å². The Hall–Kier alpha value is -2.16. The average Bonchev–Trinajstić information content (AvgIpc) is 2.89. The Labute approximate surface area is 213 Å². The van der Waals surface area contributed by atoms with Gasteiger partial charge in [-0.2, -0.15) is 0 Å². The molecule has 2 nitrogen and oxygen atoms in total. The molecular weight excluding hydrogens is 428 g/mol. The zero-order valence-corrected chi connectivity index (χ0v) is 21.9. The second-order valence-electron chi connectivity index (χ2n) is 10.5. The highest BCUT2D eigenvalue weighted by Crippen LogP contribution is 2.38. The van der Waals surface area contributed by atoms with Crippen molar-refractivity contribution in [2.45, 2.75) is 89.9 Å². The molecule has 35 heavy (non-hydrogen) atoms. The van der Waals surface area contributed by atoms with E-state index in [2.05, 4.69) is 62.5 Å². The van der Waals surface area contributed by atoms with Gasteiger partial charge in [-0.1, -0.05) is 82.9 Å². The zero-order valence-electron chi connectivity index (χ0n) is 21.9. The highest BCUT2D eigenvalue weighted by Gasteiger charge is 2.22. The number of hydrogen-bond donors (Lipinski definition) is 2. The van der Waals surface area contributed by atoms with Crippen molar-refractivity contribution in [3.05, 3.63) is 72.3 Å². The van der Waals surface area contributed by atoms with Crippen LogP contribution in [0.2, 0.25) is 0 Å². The zero-order chi connectivity index (χ0) is 25.0. The van der Waals surface area contributed by atoms with Gasteiger partial charge in [0, 0.05) is 13.2 Å². The minimum Gasteiger partial charge on any atom is -0.396 e. The lowest BCUT2D eigenvalue weighted by Gasteiger charge is -2.29. The van der Waals surface area contributed by atoms with Crippen molar-refractivity contribution in [1.29, 1.82) is 0 Å². The molecule has 2 N–H and O–H groups in total. The predicted octanol–water partition coefficient (Wildman–Crippen LogP) is 8.78. The van der Waals surface area contributed by atoms with Gasteiger partial charge in [0.2, 0.25) is 0 Å². The Morgan fingerprint density at radius 1 is 0.743 bits per heavy atom. The maximum Gasteiger partial charge on any atom is 0.0471 e. The molecule has 0 radical (unpaired) electrons. The number of aliphatic hydroxyl groups excluding tert-OH is 2. The van der Waals surface area contributed by atoms with Gasteiger partial charge in [0.1, 0.15) is 0 Å². The molecule has 2 aromatic carbocycles. The molecule has 0 spiro atoms. The fraction of sp³-hybridized carbons (Fsp3) is 0.515. The van der Waals surface area contributed by atoms with E-state index < -0.39 is 0 Å². The van der Waals surface area contributed by atoms with Crippen LogP contribution in [0.15, 0.2) is 55.6 Å². The van der Waals surface area contributed by atoms with E-state index in [0.29, 0.717) is 18.8 Å². The van der Waals surface area contributed by atoms with E-state index in [-0.39, 0.29) is 13.2 Å². The molecule has 190 valence electrons. The van der Waals surface area contributed by atoms with Crippen LogP contribution in [0.4, 0.5) is 0 Å². The summed E-state index contributed by atoms with van der Waals surface area (Å²) in [5, 5.41) is 18.8. The van der Waals surface area contributed by atoms with Gasteiger partial charge in [-0.05, 0) is 108 Å². The fourth-order valence-corrected chi connectivity index (χ4v) is 5.53. The van der Waals surface area contributed by atoms with Crippen molar-refractivity contribution in [1.82, 2.24) is 0 Å². The molecule has 2 heteroatoms. The van der Waals surface area contributed by atoms with Crippen LogP contribution in [0.1, 0.15) is 107 Å². The molecule has 0 bridgehead atoms. The predicted molar refractivity (Wildman–Crippen MR) is 151 cm³/mol. The molecule has 0 aromatic heterocycles. The van der Waals surface area contributed by atoms with Crippen molar-refractivity contribution in [3.63, 3.8) is 0 Å². The van der Waals surface area contributed by atoms with E-state index in [9.17, 15) is 10.2 Å². The van der Waals surface area contributed by atoms with Gasteiger partial charge in [0.25, 0.3) is 0 Å². The first-order chi connectivity index (χ1) is 17.0. The maximum atomic E-state index is 9.38. The first-order valence-electron chi connectivity index (χ1n) is 13.9. The molecule has 0 aliphatic heterocycles. The van der Waals surface area contributed by atoms with E-state index in [1.165, 1.54) is 75.3 Å². The summed E-state index contributed by atoms with van der Waals surface area (Å²) in [6.07, 6.45) is 14.9. The van der Waals surface area contributed by atoms with Crippen LogP contribution < -0.4 is 0 Å². The third-order valence-electron chi connectivity index (χ3n) is 7.85. The van der Waals surface area contributed by atoms with Crippen molar-refractivity contribution in [2.24, 2.45) is 5.92 Å². The van der Waals surface area contributed by atoms with E-state index in [4.69, 9.17) is 0 Å². The Morgan fingerprint density at radius 2 is 1.31 bits per heavy atom. The van der Waals surface area contributed by atoms with E-state index in [1.54, 1.807) is 0 Å². The van der Waals surface area contributed by atoms with Gasteiger partial charge >= 0.3 is 0 Å². The number of benzene rings is 2. The lowest BCUT2D eigenvalue weighted by Crippen LogP contribution is -2.13. The summed E-state index contributed by atoms with van der Waals surface area (Å²) < 4.78 is 0. The molecule has 0 saturated heterocycles. The standard InChI is InChI=1S/C33H46O2/c1-4-5-6-7-8-9-27-10-12-28(13-11-27)29-14-16-30(17-15-29)33-23-31(25(2)18-20-34)22-32(24-33)26(3)19-21-35/h14-17,22-24,27-28,34-35H,2-13,18-21H2,1H3. The topological polar surface area (TPSA) is 40.5 Å². The third-order valence-corrected chi connectivity index (χ3v) is 7.85. The average molecular weight is 475 g/mol. The van der Waals surface area contributed by atoms with Gasteiger partial charge < -0.3 is 10.2 Å². The Kier molecular flexibility index (Phi) is 11.3. The van der Waals surface area contributed by atoms with Crippen molar-refractivity contribution < 1.29 is 10.2 Å². The fourth-order valence-electron chi connectivity index (χ4n) is 5.53. The first-order valence-corrected chi connectivity index (χ1v) is 13.9. The largest absolute Gasteiger partial charge is 0.396 e. The molecular formula is C33H46O2. The van der Waals surface area contributed by atoms with Crippen LogP contribution in [0.5, 0.6) is 0 Å². The van der Waals surface area contributed by atoms with E-state index in [0.717, 1.165) is 33.8 Å². The summed E-state index contributed by atoms with van der Waals surface area (Å²) in [4.78, 5) is 0. The maximum absolute atomic E-state index is 9.38. The quantitative estimate of drug-likeness (QED) is 0.269. The molecule has 0 unspecified atom stereocenters. The van der Waals surface area contributed by atoms with Crippen LogP contribution in [-0.4, -0.2) is 23.4 Å². The smallest absolute Gasteiger partial charge is 0.0471 e. The van der Waals surface area contributed by atoms with Crippen molar-refractivity contribution >= 4 is 11.1 Å². The number of aliphatic hydroxyl groups is 2. The minimum atomic E-state index is 0.0891.